The normalized spacial score (nSPS) is 17.8. The van der Waals surface area contributed by atoms with Gasteiger partial charge < -0.3 is 15.8 Å². The molecule has 1 aromatic rings. The van der Waals surface area contributed by atoms with Gasteiger partial charge in [-0.25, -0.2) is 0 Å². The molecule has 19 heavy (non-hydrogen) atoms. The third-order valence-corrected chi connectivity index (χ3v) is 3.58. The maximum absolute atomic E-state index is 12.0. The van der Waals surface area contributed by atoms with Crippen molar-refractivity contribution < 1.29 is 9.53 Å². The zero-order valence-electron chi connectivity index (χ0n) is 11.3. The van der Waals surface area contributed by atoms with Crippen LogP contribution in [-0.2, 0) is 9.53 Å². The molecule has 2 unspecified atom stereocenters. The maximum atomic E-state index is 12.0. The molecule has 4 heteroatoms. The van der Waals surface area contributed by atoms with E-state index in [2.05, 4.69) is 17.4 Å². The van der Waals surface area contributed by atoms with Gasteiger partial charge >= 0.3 is 0 Å². The number of nitrogens with two attached hydrogens (primary N) is 1. The first kappa shape index (κ1) is 14.0. The van der Waals surface area contributed by atoms with E-state index < -0.39 is 0 Å². The quantitative estimate of drug-likeness (QED) is 0.784. The van der Waals surface area contributed by atoms with Crippen molar-refractivity contribution in [3.8, 4) is 0 Å². The highest BCUT2D eigenvalue weighted by Crippen LogP contribution is 2.40. The number of hydrogen-bond acceptors (Lipinski definition) is 3. The van der Waals surface area contributed by atoms with E-state index in [-0.39, 0.29) is 18.1 Å². The second kappa shape index (κ2) is 6.68. The van der Waals surface area contributed by atoms with Gasteiger partial charge in [-0.05, 0) is 24.3 Å². The molecule has 1 aliphatic carbocycles. The summed E-state index contributed by atoms with van der Waals surface area (Å²) < 4.78 is 5.15. The minimum absolute atomic E-state index is 0.0121. The van der Waals surface area contributed by atoms with Gasteiger partial charge in [0.05, 0.1) is 18.6 Å². The predicted molar refractivity (Wildman–Crippen MR) is 74.5 cm³/mol. The number of ether oxygens (including phenoxy) is 1. The third kappa shape index (κ3) is 4.04. The van der Waals surface area contributed by atoms with Crippen molar-refractivity contribution >= 4 is 5.91 Å². The van der Waals surface area contributed by atoms with Crippen LogP contribution < -0.4 is 11.1 Å². The SMILES string of the molecule is COC(CN)CC(=O)NC(c1ccccc1)C1CC1. The molecule has 0 spiro atoms. The molecule has 104 valence electrons. The first-order valence-electron chi connectivity index (χ1n) is 6.81. The summed E-state index contributed by atoms with van der Waals surface area (Å²) in [4.78, 5) is 12.0. The molecule has 2 rings (SSSR count). The smallest absolute Gasteiger partial charge is 0.223 e. The molecule has 0 saturated heterocycles. The number of carbonyl (C=O) groups is 1. The van der Waals surface area contributed by atoms with Crippen LogP contribution in [0, 0.1) is 5.92 Å². The van der Waals surface area contributed by atoms with E-state index in [9.17, 15) is 4.79 Å². The summed E-state index contributed by atoms with van der Waals surface area (Å²) in [6.07, 6.45) is 2.49. The molecule has 0 radical (unpaired) electrons. The van der Waals surface area contributed by atoms with Crippen LogP contribution in [-0.4, -0.2) is 25.7 Å². The van der Waals surface area contributed by atoms with Crippen LogP contribution in [0.3, 0.4) is 0 Å². The first-order chi connectivity index (χ1) is 9.24. The van der Waals surface area contributed by atoms with Crippen LogP contribution in [0.5, 0.6) is 0 Å². The van der Waals surface area contributed by atoms with Gasteiger partial charge in [-0.1, -0.05) is 30.3 Å². The van der Waals surface area contributed by atoms with Crippen LogP contribution in [0.15, 0.2) is 30.3 Å². The van der Waals surface area contributed by atoms with Crippen LogP contribution in [0.4, 0.5) is 0 Å². The number of amides is 1. The maximum Gasteiger partial charge on any atom is 0.223 e. The Morgan fingerprint density at radius 2 is 2.11 bits per heavy atom. The van der Waals surface area contributed by atoms with Crippen molar-refractivity contribution in [3.05, 3.63) is 35.9 Å². The van der Waals surface area contributed by atoms with Crippen molar-refractivity contribution in [2.45, 2.75) is 31.4 Å². The van der Waals surface area contributed by atoms with Crippen LogP contribution >= 0.6 is 0 Å². The number of methoxy groups -OCH3 is 1. The molecule has 3 N–H and O–H groups in total. The lowest BCUT2D eigenvalue weighted by molar-refractivity contribution is -0.124. The lowest BCUT2D eigenvalue weighted by Gasteiger charge is -2.20. The number of rotatable bonds is 7. The summed E-state index contributed by atoms with van der Waals surface area (Å²) >= 11 is 0. The highest BCUT2D eigenvalue weighted by molar-refractivity contribution is 5.77. The van der Waals surface area contributed by atoms with Crippen molar-refractivity contribution in [1.82, 2.24) is 5.32 Å². The molecule has 1 saturated carbocycles. The molecule has 0 bridgehead atoms. The van der Waals surface area contributed by atoms with Crippen molar-refractivity contribution in [2.24, 2.45) is 11.7 Å². The Hall–Kier alpha value is -1.39. The Morgan fingerprint density at radius 1 is 1.42 bits per heavy atom. The molecular formula is C15H22N2O2. The molecular weight excluding hydrogens is 240 g/mol. The van der Waals surface area contributed by atoms with Gasteiger partial charge in [0.25, 0.3) is 0 Å². The highest BCUT2D eigenvalue weighted by atomic mass is 16.5. The van der Waals surface area contributed by atoms with Crippen molar-refractivity contribution in [1.29, 1.82) is 0 Å². The van der Waals surface area contributed by atoms with Crippen molar-refractivity contribution in [2.75, 3.05) is 13.7 Å². The molecule has 4 nitrogen and oxygen atoms in total. The lowest BCUT2D eigenvalue weighted by atomic mass is 10.0. The second-order valence-corrected chi connectivity index (χ2v) is 5.09. The first-order valence-corrected chi connectivity index (χ1v) is 6.81. The van der Waals surface area contributed by atoms with E-state index in [1.165, 1.54) is 18.4 Å². The van der Waals surface area contributed by atoms with Gasteiger partial charge in [0.1, 0.15) is 0 Å². The van der Waals surface area contributed by atoms with Gasteiger partial charge in [-0.15, -0.1) is 0 Å². The van der Waals surface area contributed by atoms with Gasteiger partial charge in [0.2, 0.25) is 5.91 Å². The molecule has 0 aromatic heterocycles. The van der Waals surface area contributed by atoms with Crippen molar-refractivity contribution in [3.63, 3.8) is 0 Å². The number of nitrogens with one attached hydrogen (secondary N) is 1. The minimum Gasteiger partial charge on any atom is -0.380 e. The Balaban J connectivity index is 1.96. The van der Waals surface area contributed by atoms with E-state index in [1.54, 1.807) is 7.11 Å². The molecule has 0 heterocycles. The average Bonchev–Trinajstić information content (AvgIpc) is 3.27. The number of carbonyl (C=O) groups excluding carboxylic acids is 1. The summed E-state index contributed by atoms with van der Waals surface area (Å²) in [5, 5.41) is 3.12. The van der Waals surface area contributed by atoms with Gasteiger partial charge in [0, 0.05) is 13.7 Å². The average molecular weight is 262 g/mol. The molecule has 0 aliphatic heterocycles. The van der Waals surface area contributed by atoms with Gasteiger partial charge in [-0.3, -0.25) is 4.79 Å². The summed E-state index contributed by atoms with van der Waals surface area (Å²) in [6.45, 7) is 0.364. The Kier molecular flexibility index (Phi) is 4.93. The summed E-state index contributed by atoms with van der Waals surface area (Å²) in [5.74, 6) is 0.586. The standard InChI is InChI=1S/C15H22N2O2/c1-19-13(10-16)9-14(18)17-15(12-7-8-12)11-5-3-2-4-6-11/h2-6,12-13,15H,7-10,16H2,1H3,(H,17,18). The minimum atomic E-state index is -0.198. The molecule has 1 aliphatic rings. The Bertz CT molecular complexity index is 400. The molecule has 1 fully saturated rings. The molecule has 1 amide bonds. The van der Waals surface area contributed by atoms with Crippen LogP contribution in [0.2, 0.25) is 0 Å². The van der Waals surface area contributed by atoms with Crippen LogP contribution in [0.25, 0.3) is 0 Å². The fraction of sp³-hybridized carbons (Fsp3) is 0.533. The fourth-order valence-electron chi connectivity index (χ4n) is 2.27. The largest absolute Gasteiger partial charge is 0.380 e. The van der Waals surface area contributed by atoms with Gasteiger partial charge in [-0.2, -0.15) is 0 Å². The van der Waals surface area contributed by atoms with E-state index in [0.29, 0.717) is 18.9 Å². The monoisotopic (exact) mass is 262 g/mol. The van der Waals surface area contributed by atoms with Gasteiger partial charge in [0.15, 0.2) is 0 Å². The zero-order chi connectivity index (χ0) is 13.7. The lowest BCUT2D eigenvalue weighted by Crippen LogP contribution is -2.35. The Morgan fingerprint density at radius 3 is 2.63 bits per heavy atom. The zero-order valence-corrected chi connectivity index (χ0v) is 11.3. The predicted octanol–water partition coefficient (Wildman–Crippen LogP) is 1.62. The Labute approximate surface area is 114 Å². The van der Waals surface area contributed by atoms with E-state index in [4.69, 9.17) is 10.5 Å². The summed E-state index contributed by atoms with van der Waals surface area (Å²) in [6, 6.07) is 10.3. The van der Waals surface area contributed by atoms with E-state index in [0.717, 1.165) is 0 Å². The molecule has 2 atom stereocenters. The van der Waals surface area contributed by atoms with Crippen LogP contribution in [0.1, 0.15) is 30.9 Å². The summed E-state index contributed by atoms with van der Waals surface area (Å²) in [5.41, 5.74) is 6.72. The number of benzene rings is 1. The summed E-state index contributed by atoms with van der Waals surface area (Å²) in [7, 11) is 1.58. The number of hydrogen-bond donors (Lipinski definition) is 2. The van der Waals surface area contributed by atoms with E-state index >= 15 is 0 Å². The highest BCUT2D eigenvalue weighted by Gasteiger charge is 2.33. The van der Waals surface area contributed by atoms with E-state index in [1.807, 2.05) is 18.2 Å². The third-order valence-electron chi connectivity index (χ3n) is 3.58. The fourth-order valence-corrected chi connectivity index (χ4v) is 2.27. The topological polar surface area (TPSA) is 64.3 Å². The molecule has 1 aromatic carbocycles. The second-order valence-electron chi connectivity index (χ2n) is 5.09.